The van der Waals surface area contributed by atoms with Gasteiger partial charge in [-0.25, -0.2) is 0 Å². The molecule has 0 aromatic heterocycles. The van der Waals surface area contributed by atoms with E-state index in [1.165, 1.54) is 11.1 Å². The number of carbonyl (C=O) groups is 1. The topological polar surface area (TPSA) is 49.6 Å². The van der Waals surface area contributed by atoms with Crippen molar-refractivity contribution in [1.82, 2.24) is 9.80 Å². The first-order valence-electron chi connectivity index (χ1n) is 8.04. The van der Waals surface area contributed by atoms with Crippen molar-refractivity contribution in [3.05, 3.63) is 65.2 Å². The fourth-order valence-corrected chi connectivity index (χ4v) is 2.94. The molecule has 1 heterocycles. The Kier molecular flexibility index (Phi) is 6.23. The maximum atomic E-state index is 12.5. The SMILES string of the molecule is Cc1ccc(C(=O)N2CCN(Cc3cccc(N)c3)CC2)cc1.Cl. The molecule has 1 amide bonds. The molecule has 5 heteroatoms. The van der Waals surface area contributed by atoms with Gasteiger partial charge in [0.2, 0.25) is 0 Å². The number of hydrogen-bond donors (Lipinski definition) is 1. The molecule has 0 radical (unpaired) electrons. The summed E-state index contributed by atoms with van der Waals surface area (Å²) in [7, 11) is 0. The number of carbonyl (C=O) groups excluding carboxylic acids is 1. The molecule has 1 aliphatic rings. The minimum Gasteiger partial charge on any atom is -0.399 e. The Labute approximate surface area is 149 Å². The minimum atomic E-state index is 0. The smallest absolute Gasteiger partial charge is 0.253 e. The number of halogens is 1. The summed E-state index contributed by atoms with van der Waals surface area (Å²) >= 11 is 0. The van der Waals surface area contributed by atoms with Crippen LogP contribution < -0.4 is 5.73 Å². The number of anilines is 1. The summed E-state index contributed by atoms with van der Waals surface area (Å²) in [5.41, 5.74) is 9.81. The van der Waals surface area contributed by atoms with Crippen LogP contribution in [0.1, 0.15) is 21.5 Å². The van der Waals surface area contributed by atoms with Crippen LogP contribution in [-0.2, 0) is 6.54 Å². The summed E-state index contributed by atoms with van der Waals surface area (Å²) in [5.74, 6) is 0.133. The maximum absolute atomic E-state index is 12.5. The van der Waals surface area contributed by atoms with Gasteiger partial charge < -0.3 is 10.6 Å². The van der Waals surface area contributed by atoms with Crippen molar-refractivity contribution in [3.63, 3.8) is 0 Å². The van der Waals surface area contributed by atoms with E-state index in [1.807, 2.05) is 54.3 Å². The molecule has 0 bridgehead atoms. The molecule has 1 aliphatic heterocycles. The zero-order chi connectivity index (χ0) is 16.2. The monoisotopic (exact) mass is 345 g/mol. The van der Waals surface area contributed by atoms with Crippen LogP contribution in [0.15, 0.2) is 48.5 Å². The summed E-state index contributed by atoms with van der Waals surface area (Å²) in [5, 5.41) is 0. The number of nitrogens with zero attached hydrogens (tertiary/aromatic N) is 2. The first kappa shape index (κ1) is 18.3. The molecule has 128 valence electrons. The van der Waals surface area contributed by atoms with E-state index in [0.29, 0.717) is 0 Å². The molecule has 1 saturated heterocycles. The standard InChI is InChI=1S/C19H23N3O.ClH/c1-15-5-7-17(8-6-15)19(23)22-11-9-21(10-12-22)14-16-3-2-4-18(20)13-16;/h2-8,13H,9-12,14,20H2,1H3;1H. The molecule has 2 aromatic rings. The molecular weight excluding hydrogens is 322 g/mol. The highest BCUT2D eigenvalue weighted by Gasteiger charge is 2.22. The Bertz CT molecular complexity index is 679. The molecule has 1 fully saturated rings. The Hall–Kier alpha value is -2.04. The van der Waals surface area contributed by atoms with Crippen molar-refractivity contribution < 1.29 is 4.79 Å². The van der Waals surface area contributed by atoms with Crippen LogP contribution in [0.4, 0.5) is 5.69 Å². The lowest BCUT2D eigenvalue weighted by Crippen LogP contribution is -2.48. The Morgan fingerprint density at radius 1 is 1.04 bits per heavy atom. The quantitative estimate of drug-likeness (QED) is 0.870. The Morgan fingerprint density at radius 3 is 2.33 bits per heavy atom. The normalized spacial score (nSPS) is 15.0. The number of hydrogen-bond acceptors (Lipinski definition) is 3. The fourth-order valence-electron chi connectivity index (χ4n) is 2.94. The van der Waals surface area contributed by atoms with Crippen LogP contribution in [0.3, 0.4) is 0 Å². The lowest BCUT2D eigenvalue weighted by molar-refractivity contribution is 0.0628. The van der Waals surface area contributed by atoms with E-state index in [-0.39, 0.29) is 18.3 Å². The largest absolute Gasteiger partial charge is 0.399 e. The van der Waals surface area contributed by atoms with E-state index >= 15 is 0 Å². The van der Waals surface area contributed by atoms with Gasteiger partial charge in [-0.2, -0.15) is 0 Å². The van der Waals surface area contributed by atoms with Crippen molar-refractivity contribution in [3.8, 4) is 0 Å². The molecular formula is C19H24ClN3O. The van der Waals surface area contributed by atoms with Crippen molar-refractivity contribution in [2.75, 3.05) is 31.9 Å². The molecule has 2 aromatic carbocycles. The molecule has 3 rings (SSSR count). The number of nitrogens with two attached hydrogens (primary N) is 1. The highest BCUT2D eigenvalue weighted by Crippen LogP contribution is 2.14. The van der Waals surface area contributed by atoms with E-state index < -0.39 is 0 Å². The second-order valence-corrected chi connectivity index (χ2v) is 6.18. The van der Waals surface area contributed by atoms with Crippen molar-refractivity contribution >= 4 is 24.0 Å². The highest BCUT2D eigenvalue weighted by molar-refractivity contribution is 5.94. The number of aryl methyl sites for hydroxylation is 1. The summed E-state index contributed by atoms with van der Waals surface area (Å²) in [6, 6.07) is 15.8. The second kappa shape index (κ2) is 8.18. The zero-order valence-corrected chi connectivity index (χ0v) is 14.8. The van der Waals surface area contributed by atoms with Crippen LogP contribution in [0.25, 0.3) is 0 Å². The van der Waals surface area contributed by atoms with Crippen LogP contribution in [-0.4, -0.2) is 41.9 Å². The van der Waals surface area contributed by atoms with E-state index in [2.05, 4.69) is 11.0 Å². The Balaban J connectivity index is 0.00000208. The summed E-state index contributed by atoms with van der Waals surface area (Å²) in [6.07, 6.45) is 0. The number of rotatable bonds is 3. The van der Waals surface area contributed by atoms with Crippen LogP contribution >= 0.6 is 12.4 Å². The lowest BCUT2D eigenvalue weighted by Gasteiger charge is -2.34. The van der Waals surface area contributed by atoms with E-state index in [0.717, 1.165) is 44.0 Å². The number of nitrogen functional groups attached to an aromatic ring is 1. The molecule has 0 unspecified atom stereocenters. The molecule has 4 nitrogen and oxygen atoms in total. The third-order valence-corrected chi connectivity index (χ3v) is 4.32. The summed E-state index contributed by atoms with van der Waals surface area (Å²) in [6.45, 7) is 6.25. The highest BCUT2D eigenvalue weighted by atomic mass is 35.5. The van der Waals surface area contributed by atoms with Crippen molar-refractivity contribution in [2.24, 2.45) is 0 Å². The number of piperazine rings is 1. The predicted molar refractivity (Wildman–Crippen MR) is 100 cm³/mol. The third-order valence-electron chi connectivity index (χ3n) is 4.32. The molecule has 0 saturated carbocycles. The molecule has 0 spiro atoms. The zero-order valence-electron chi connectivity index (χ0n) is 13.9. The van der Waals surface area contributed by atoms with Gasteiger partial charge in [0.25, 0.3) is 5.91 Å². The van der Waals surface area contributed by atoms with Gasteiger partial charge in [-0.3, -0.25) is 9.69 Å². The average molecular weight is 346 g/mol. The van der Waals surface area contributed by atoms with Gasteiger partial charge >= 0.3 is 0 Å². The molecule has 2 N–H and O–H groups in total. The molecule has 24 heavy (non-hydrogen) atoms. The van der Waals surface area contributed by atoms with E-state index in [4.69, 9.17) is 5.73 Å². The van der Waals surface area contributed by atoms with Crippen LogP contribution in [0, 0.1) is 6.92 Å². The van der Waals surface area contributed by atoms with Crippen LogP contribution in [0.5, 0.6) is 0 Å². The van der Waals surface area contributed by atoms with E-state index in [1.54, 1.807) is 0 Å². The van der Waals surface area contributed by atoms with E-state index in [9.17, 15) is 4.79 Å². The van der Waals surface area contributed by atoms with Crippen molar-refractivity contribution in [1.29, 1.82) is 0 Å². The summed E-state index contributed by atoms with van der Waals surface area (Å²) in [4.78, 5) is 16.8. The molecule has 0 aliphatic carbocycles. The van der Waals surface area contributed by atoms with Crippen molar-refractivity contribution in [2.45, 2.75) is 13.5 Å². The maximum Gasteiger partial charge on any atom is 0.253 e. The van der Waals surface area contributed by atoms with Gasteiger partial charge in [0, 0.05) is 44.0 Å². The molecule has 0 atom stereocenters. The van der Waals surface area contributed by atoms with Gasteiger partial charge in [-0.1, -0.05) is 29.8 Å². The van der Waals surface area contributed by atoms with Crippen LogP contribution in [0.2, 0.25) is 0 Å². The average Bonchev–Trinajstić information content (AvgIpc) is 2.56. The summed E-state index contributed by atoms with van der Waals surface area (Å²) < 4.78 is 0. The van der Waals surface area contributed by atoms with Gasteiger partial charge in [0.15, 0.2) is 0 Å². The fraction of sp³-hybridized carbons (Fsp3) is 0.316. The van der Waals surface area contributed by atoms with Gasteiger partial charge in [-0.05, 0) is 36.8 Å². The minimum absolute atomic E-state index is 0. The Morgan fingerprint density at radius 2 is 1.71 bits per heavy atom. The first-order chi connectivity index (χ1) is 11.1. The van der Waals surface area contributed by atoms with Gasteiger partial charge in [-0.15, -0.1) is 12.4 Å². The number of benzene rings is 2. The number of amides is 1. The third kappa shape index (κ3) is 4.49. The second-order valence-electron chi connectivity index (χ2n) is 6.18. The lowest BCUT2D eigenvalue weighted by atomic mass is 10.1. The van der Waals surface area contributed by atoms with Gasteiger partial charge in [0.1, 0.15) is 0 Å². The van der Waals surface area contributed by atoms with Gasteiger partial charge in [0.05, 0.1) is 0 Å². The first-order valence-corrected chi connectivity index (χ1v) is 8.04. The predicted octanol–water partition coefficient (Wildman–Crippen LogP) is 2.96.